The van der Waals surface area contributed by atoms with Crippen LogP contribution in [0.2, 0.25) is 0 Å². The lowest BCUT2D eigenvalue weighted by atomic mass is 9.97. The summed E-state index contributed by atoms with van der Waals surface area (Å²) in [5.41, 5.74) is 2.59. The first-order chi connectivity index (χ1) is 10.4. The van der Waals surface area contributed by atoms with E-state index in [4.69, 9.17) is 0 Å². The van der Waals surface area contributed by atoms with E-state index in [1.54, 1.807) is 0 Å². The highest BCUT2D eigenvalue weighted by Crippen LogP contribution is 2.19. The Balaban J connectivity index is 1.49. The second-order valence-electron chi connectivity index (χ2n) is 5.85. The number of hydrogen-bond donors (Lipinski definition) is 1. The van der Waals surface area contributed by atoms with Crippen LogP contribution in [0.4, 0.5) is 5.69 Å². The summed E-state index contributed by atoms with van der Waals surface area (Å²) in [5.74, 6) is 0.737. The van der Waals surface area contributed by atoms with E-state index >= 15 is 0 Å². The second kappa shape index (κ2) is 7.23. The van der Waals surface area contributed by atoms with E-state index < -0.39 is 0 Å². The molecule has 0 amide bonds. The van der Waals surface area contributed by atoms with Crippen LogP contribution in [-0.4, -0.2) is 29.5 Å². The van der Waals surface area contributed by atoms with Gasteiger partial charge < -0.3 is 5.32 Å². The summed E-state index contributed by atoms with van der Waals surface area (Å²) in [5, 5.41) is 3.56. The molecule has 0 aliphatic carbocycles. The highest BCUT2D eigenvalue weighted by Gasteiger charge is 2.19. The average molecular weight is 281 g/mol. The zero-order valence-corrected chi connectivity index (χ0v) is 12.4. The Morgan fingerprint density at radius 2 is 1.90 bits per heavy atom. The van der Waals surface area contributed by atoms with Crippen LogP contribution in [0.1, 0.15) is 18.4 Å². The first kappa shape index (κ1) is 14.1. The number of rotatable bonds is 5. The predicted octanol–water partition coefficient (Wildman–Crippen LogP) is 3.41. The van der Waals surface area contributed by atoms with Gasteiger partial charge in [0.25, 0.3) is 0 Å². The molecule has 3 nitrogen and oxygen atoms in total. The number of para-hydroxylation sites is 1. The SMILES string of the molecule is c1ccc(NCC2CCCN(Cc3ccncc3)C2)cc1. The van der Waals surface area contributed by atoms with Crippen LogP contribution in [0.15, 0.2) is 54.9 Å². The van der Waals surface area contributed by atoms with E-state index in [-0.39, 0.29) is 0 Å². The van der Waals surface area contributed by atoms with Gasteiger partial charge in [-0.2, -0.15) is 0 Å². The molecule has 1 fully saturated rings. The Bertz CT molecular complexity index is 527. The summed E-state index contributed by atoms with van der Waals surface area (Å²) in [4.78, 5) is 6.65. The number of nitrogens with zero attached hydrogens (tertiary/aromatic N) is 2. The fraction of sp³-hybridized carbons (Fsp3) is 0.389. The quantitative estimate of drug-likeness (QED) is 0.910. The molecule has 0 spiro atoms. The number of likely N-dealkylation sites (tertiary alicyclic amines) is 1. The minimum Gasteiger partial charge on any atom is -0.385 e. The number of nitrogens with one attached hydrogen (secondary N) is 1. The molecular formula is C18H23N3. The molecular weight excluding hydrogens is 258 g/mol. The first-order valence-corrected chi connectivity index (χ1v) is 7.80. The molecule has 1 N–H and O–H groups in total. The summed E-state index contributed by atoms with van der Waals surface area (Å²) in [7, 11) is 0. The zero-order valence-electron chi connectivity index (χ0n) is 12.4. The summed E-state index contributed by atoms with van der Waals surface area (Å²) >= 11 is 0. The van der Waals surface area contributed by atoms with Crippen LogP contribution in [0.25, 0.3) is 0 Å². The summed E-state index contributed by atoms with van der Waals surface area (Å²) in [6.07, 6.45) is 6.39. The summed E-state index contributed by atoms with van der Waals surface area (Å²) in [6, 6.07) is 14.7. The van der Waals surface area contributed by atoms with Crippen LogP contribution in [0.5, 0.6) is 0 Å². The molecule has 2 heterocycles. The van der Waals surface area contributed by atoms with E-state index in [0.29, 0.717) is 0 Å². The van der Waals surface area contributed by atoms with E-state index in [2.05, 4.69) is 57.7 Å². The van der Waals surface area contributed by atoms with E-state index in [0.717, 1.165) is 19.0 Å². The van der Waals surface area contributed by atoms with Crippen molar-refractivity contribution in [2.75, 3.05) is 25.0 Å². The predicted molar refractivity (Wildman–Crippen MR) is 87.2 cm³/mol. The van der Waals surface area contributed by atoms with Crippen LogP contribution >= 0.6 is 0 Å². The summed E-state index contributed by atoms with van der Waals surface area (Å²) < 4.78 is 0. The van der Waals surface area contributed by atoms with Gasteiger partial charge in [0.15, 0.2) is 0 Å². The number of piperidine rings is 1. The molecule has 1 aliphatic heterocycles. The number of benzene rings is 1. The lowest BCUT2D eigenvalue weighted by molar-refractivity contribution is 0.173. The Morgan fingerprint density at radius 3 is 2.71 bits per heavy atom. The van der Waals surface area contributed by atoms with Crippen molar-refractivity contribution >= 4 is 5.69 Å². The standard InChI is InChI=1S/C18H23N3/c1-2-6-18(7-3-1)20-13-17-5-4-12-21(15-17)14-16-8-10-19-11-9-16/h1-3,6-11,17,20H,4-5,12-15H2. The fourth-order valence-electron chi connectivity index (χ4n) is 3.03. The van der Waals surface area contributed by atoms with Crippen molar-refractivity contribution in [2.45, 2.75) is 19.4 Å². The maximum atomic E-state index is 4.09. The van der Waals surface area contributed by atoms with Crippen molar-refractivity contribution in [1.29, 1.82) is 0 Å². The Labute approximate surface area is 127 Å². The molecule has 1 aromatic heterocycles. The van der Waals surface area contributed by atoms with Gasteiger partial charge in [-0.05, 0) is 55.1 Å². The monoisotopic (exact) mass is 281 g/mol. The van der Waals surface area contributed by atoms with Gasteiger partial charge >= 0.3 is 0 Å². The van der Waals surface area contributed by atoms with Gasteiger partial charge in [0.05, 0.1) is 0 Å². The molecule has 1 aromatic carbocycles. The van der Waals surface area contributed by atoms with Gasteiger partial charge in [-0.3, -0.25) is 9.88 Å². The number of anilines is 1. The maximum absolute atomic E-state index is 4.09. The fourth-order valence-corrected chi connectivity index (χ4v) is 3.03. The first-order valence-electron chi connectivity index (χ1n) is 7.80. The average Bonchev–Trinajstić information content (AvgIpc) is 2.55. The van der Waals surface area contributed by atoms with Gasteiger partial charge in [0, 0.05) is 37.7 Å². The Kier molecular flexibility index (Phi) is 4.85. The minimum atomic E-state index is 0.737. The Morgan fingerprint density at radius 1 is 1.10 bits per heavy atom. The van der Waals surface area contributed by atoms with Gasteiger partial charge in [-0.15, -0.1) is 0 Å². The number of aromatic nitrogens is 1. The smallest absolute Gasteiger partial charge is 0.0340 e. The third kappa shape index (κ3) is 4.30. The van der Waals surface area contributed by atoms with Crippen LogP contribution in [-0.2, 0) is 6.54 Å². The van der Waals surface area contributed by atoms with Gasteiger partial charge in [0.1, 0.15) is 0 Å². The highest BCUT2D eigenvalue weighted by atomic mass is 15.1. The molecule has 1 saturated heterocycles. The molecule has 0 radical (unpaired) electrons. The van der Waals surface area contributed by atoms with Crippen LogP contribution < -0.4 is 5.32 Å². The largest absolute Gasteiger partial charge is 0.385 e. The van der Waals surface area contributed by atoms with E-state index in [1.165, 1.54) is 37.2 Å². The molecule has 2 aromatic rings. The number of hydrogen-bond acceptors (Lipinski definition) is 3. The molecule has 1 atom stereocenters. The van der Waals surface area contributed by atoms with Crippen molar-refractivity contribution < 1.29 is 0 Å². The third-order valence-electron chi connectivity index (χ3n) is 4.13. The van der Waals surface area contributed by atoms with E-state index in [1.807, 2.05) is 12.4 Å². The molecule has 0 saturated carbocycles. The molecule has 110 valence electrons. The summed E-state index contributed by atoms with van der Waals surface area (Å²) in [6.45, 7) is 4.51. The molecule has 21 heavy (non-hydrogen) atoms. The maximum Gasteiger partial charge on any atom is 0.0340 e. The third-order valence-corrected chi connectivity index (χ3v) is 4.13. The van der Waals surface area contributed by atoms with Crippen LogP contribution in [0.3, 0.4) is 0 Å². The zero-order chi connectivity index (χ0) is 14.3. The van der Waals surface area contributed by atoms with Gasteiger partial charge in [0.2, 0.25) is 0 Å². The Hall–Kier alpha value is -1.87. The van der Waals surface area contributed by atoms with Gasteiger partial charge in [-0.25, -0.2) is 0 Å². The van der Waals surface area contributed by atoms with Crippen molar-refractivity contribution in [1.82, 2.24) is 9.88 Å². The van der Waals surface area contributed by atoms with Crippen molar-refractivity contribution in [3.63, 3.8) is 0 Å². The molecule has 3 heteroatoms. The van der Waals surface area contributed by atoms with Crippen molar-refractivity contribution in [3.8, 4) is 0 Å². The lowest BCUT2D eigenvalue weighted by Gasteiger charge is -2.33. The second-order valence-corrected chi connectivity index (χ2v) is 5.85. The highest BCUT2D eigenvalue weighted by molar-refractivity contribution is 5.42. The molecule has 1 aliphatic rings. The minimum absolute atomic E-state index is 0.737. The lowest BCUT2D eigenvalue weighted by Crippen LogP contribution is -2.37. The normalized spacial score (nSPS) is 19.3. The van der Waals surface area contributed by atoms with Crippen LogP contribution in [0, 0.1) is 5.92 Å². The van der Waals surface area contributed by atoms with Gasteiger partial charge in [-0.1, -0.05) is 18.2 Å². The molecule has 3 rings (SSSR count). The number of pyridine rings is 1. The molecule has 0 bridgehead atoms. The van der Waals surface area contributed by atoms with Crippen molar-refractivity contribution in [2.24, 2.45) is 5.92 Å². The topological polar surface area (TPSA) is 28.2 Å². The van der Waals surface area contributed by atoms with E-state index in [9.17, 15) is 0 Å². The van der Waals surface area contributed by atoms with Crippen molar-refractivity contribution in [3.05, 3.63) is 60.4 Å². The molecule has 1 unspecified atom stereocenters.